The zero-order valence-electron chi connectivity index (χ0n) is 15.2. The number of hydrogen-bond donors (Lipinski definition) is 0. The molecule has 0 atom stereocenters. The third-order valence-corrected chi connectivity index (χ3v) is 5.29. The molecule has 0 radical (unpaired) electrons. The molecule has 2 nitrogen and oxygen atoms in total. The van der Waals surface area contributed by atoms with Gasteiger partial charge in [-0.15, -0.1) is 0 Å². The summed E-state index contributed by atoms with van der Waals surface area (Å²) in [5.74, 6) is 1.91. The van der Waals surface area contributed by atoms with Crippen LogP contribution in [0.5, 0.6) is 11.5 Å². The van der Waals surface area contributed by atoms with Crippen molar-refractivity contribution in [2.45, 2.75) is 64.2 Å². The number of hydrogen-bond acceptors (Lipinski definition) is 2. The second-order valence-electron chi connectivity index (χ2n) is 7.06. The van der Waals surface area contributed by atoms with Crippen molar-refractivity contribution in [2.75, 3.05) is 14.2 Å². The Kier molecular flexibility index (Phi) is 6.01. The summed E-state index contributed by atoms with van der Waals surface area (Å²) in [5.41, 5.74) is 5.38. The quantitative estimate of drug-likeness (QED) is 0.637. The van der Waals surface area contributed by atoms with Crippen LogP contribution in [0.4, 0.5) is 0 Å². The minimum Gasteiger partial charge on any atom is -0.496 e. The van der Waals surface area contributed by atoms with Crippen molar-refractivity contribution in [1.29, 1.82) is 0 Å². The first-order valence-electron chi connectivity index (χ1n) is 9.45. The highest BCUT2D eigenvalue weighted by molar-refractivity contribution is 5.70. The zero-order valence-corrected chi connectivity index (χ0v) is 15.2. The van der Waals surface area contributed by atoms with Crippen LogP contribution in [0.3, 0.4) is 0 Å². The lowest BCUT2D eigenvalue weighted by molar-refractivity contribution is 0.401. The molecule has 0 heterocycles. The normalized spacial score (nSPS) is 18.2. The summed E-state index contributed by atoms with van der Waals surface area (Å²) >= 11 is 0. The molecule has 2 saturated carbocycles. The fourth-order valence-corrected chi connectivity index (χ4v) is 3.91. The van der Waals surface area contributed by atoms with Gasteiger partial charge in [0.05, 0.1) is 14.2 Å². The molecule has 0 aliphatic heterocycles. The van der Waals surface area contributed by atoms with Crippen LogP contribution in [0.1, 0.15) is 75.3 Å². The third kappa shape index (κ3) is 4.23. The van der Waals surface area contributed by atoms with Gasteiger partial charge >= 0.3 is 0 Å². The number of allylic oxidation sites excluding steroid dienone is 2. The molecule has 2 fully saturated rings. The van der Waals surface area contributed by atoms with Gasteiger partial charge in [-0.1, -0.05) is 36.1 Å². The fraction of sp³-hybridized carbons (Fsp3) is 0.545. The van der Waals surface area contributed by atoms with Crippen molar-refractivity contribution < 1.29 is 9.47 Å². The van der Waals surface area contributed by atoms with Crippen LogP contribution in [0.25, 0.3) is 12.2 Å². The van der Waals surface area contributed by atoms with E-state index in [1.54, 1.807) is 25.4 Å². The molecule has 24 heavy (non-hydrogen) atoms. The Bertz CT molecular complexity index is 553. The number of rotatable bonds is 4. The van der Waals surface area contributed by atoms with E-state index in [1.165, 1.54) is 64.2 Å². The van der Waals surface area contributed by atoms with Crippen molar-refractivity contribution >= 4 is 12.2 Å². The molecule has 0 spiro atoms. The summed E-state index contributed by atoms with van der Waals surface area (Å²) < 4.78 is 11.4. The summed E-state index contributed by atoms with van der Waals surface area (Å²) in [6.45, 7) is 0. The van der Waals surface area contributed by atoms with Crippen LogP contribution in [-0.4, -0.2) is 14.2 Å². The molecule has 0 saturated heterocycles. The van der Waals surface area contributed by atoms with E-state index in [0.29, 0.717) is 0 Å². The summed E-state index contributed by atoms with van der Waals surface area (Å²) in [6.07, 6.45) is 17.5. The van der Waals surface area contributed by atoms with Gasteiger partial charge in [0.2, 0.25) is 0 Å². The molecule has 2 aliphatic carbocycles. The third-order valence-electron chi connectivity index (χ3n) is 5.29. The van der Waals surface area contributed by atoms with E-state index < -0.39 is 0 Å². The predicted molar refractivity (Wildman–Crippen MR) is 102 cm³/mol. The van der Waals surface area contributed by atoms with Gasteiger partial charge in [-0.3, -0.25) is 0 Å². The molecule has 0 unspecified atom stereocenters. The maximum Gasteiger partial charge on any atom is 0.126 e. The predicted octanol–water partition coefficient (Wildman–Crippen LogP) is 6.40. The van der Waals surface area contributed by atoms with E-state index in [-0.39, 0.29) is 0 Å². The molecule has 0 aromatic heterocycles. The van der Waals surface area contributed by atoms with E-state index in [0.717, 1.165) is 22.6 Å². The topological polar surface area (TPSA) is 18.5 Å². The van der Waals surface area contributed by atoms with Gasteiger partial charge in [-0.25, -0.2) is 0 Å². The highest BCUT2D eigenvalue weighted by Gasteiger charge is 2.13. The molecule has 0 bridgehead atoms. The summed E-state index contributed by atoms with van der Waals surface area (Å²) in [7, 11) is 3.53. The molecule has 1 aromatic rings. The number of methoxy groups -OCH3 is 2. The van der Waals surface area contributed by atoms with Crippen LogP contribution in [0.2, 0.25) is 0 Å². The lowest BCUT2D eigenvalue weighted by Gasteiger charge is -2.17. The Morgan fingerprint density at radius 1 is 0.625 bits per heavy atom. The Balaban J connectivity index is 1.93. The van der Waals surface area contributed by atoms with Gasteiger partial charge in [0.1, 0.15) is 11.5 Å². The highest BCUT2D eigenvalue weighted by Crippen LogP contribution is 2.35. The zero-order chi connectivity index (χ0) is 16.8. The van der Waals surface area contributed by atoms with Crippen LogP contribution < -0.4 is 9.47 Å². The first-order valence-corrected chi connectivity index (χ1v) is 9.45. The smallest absolute Gasteiger partial charge is 0.126 e. The Morgan fingerprint density at radius 2 is 1.00 bits per heavy atom. The molecule has 130 valence electrons. The number of ether oxygens (including phenoxy) is 2. The molecule has 1 aromatic carbocycles. The van der Waals surface area contributed by atoms with Gasteiger partial charge in [0.25, 0.3) is 0 Å². The van der Waals surface area contributed by atoms with Crippen LogP contribution in [0.15, 0.2) is 23.3 Å². The summed E-state index contributed by atoms with van der Waals surface area (Å²) in [4.78, 5) is 0. The number of benzene rings is 1. The minimum atomic E-state index is 0.955. The monoisotopic (exact) mass is 326 g/mol. The van der Waals surface area contributed by atoms with Crippen LogP contribution in [0, 0.1) is 0 Å². The summed E-state index contributed by atoms with van der Waals surface area (Å²) in [5, 5.41) is 0. The first kappa shape index (κ1) is 17.1. The molecule has 2 aliphatic rings. The SMILES string of the molecule is COc1cc(C=C2CCCCC2)c(OC)cc1C=C1CCCCC1. The van der Waals surface area contributed by atoms with E-state index in [1.807, 2.05) is 0 Å². The van der Waals surface area contributed by atoms with Gasteiger partial charge in [0, 0.05) is 11.1 Å². The van der Waals surface area contributed by atoms with Gasteiger partial charge in [-0.2, -0.15) is 0 Å². The lowest BCUT2D eigenvalue weighted by Crippen LogP contribution is -1.98. The first-order chi connectivity index (χ1) is 11.8. The molecule has 0 N–H and O–H groups in total. The molecular formula is C22H30O2. The maximum absolute atomic E-state index is 5.69. The highest BCUT2D eigenvalue weighted by atomic mass is 16.5. The van der Waals surface area contributed by atoms with Crippen LogP contribution in [-0.2, 0) is 0 Å². The Hall–Kier alpha value is -1.70. The van der Waals surface area contributed by atoms with E-state index in [4.69, 9.17) is 9.47 Å². The van der Waals surface area contributed by atoms with Gasteiger partial charge < -0.3 is 9.47 Å². The fourth-order valence-electron chi connectivity index (χ4n) is 3.91. The second-order valence-corrected chi connectivity index (χ2v) is 7.06. The van der Waals surface area contributed by atoms with Crippen molar-refractivity contribution in [1.82, 2.24) is 0 Å². The maximum atomic E-state index is 5.69. The van der Waals surface area contributed by atoms with E-state index >= 15 is 0 Å². The standard InChI is InChI=1S/C22H30O2/c1-23-21-15-20(14-18-11-7-4-8-12-18)22(24-2)16-19(21)13-17-9-5-3-6-10-17/h13-16H,3-12H2,1-2H3. The van der Waals surface area contributed by atoms with Crippen molar-refractivity contribution in [3.8, 4) is 11.5 Å². The molecule has 2 heteroatoms. The minimum absolute atomic E-state index is 0.955. The van der Waals surface area contributed by atoms with E-state index in [2.05, 4.69) is 24.3 Å². The largest absolute Gasteiger partial charge is 0.496 e. The van der Waals surface area contributed by atoms with Crippen molar-refractivity contribution in [2.24, 2.45) is 0 Å². The average molecular weight is 326 g/mol. The average Bonchev–Trinajstić information content (AvgIpc) is 2.64. The van der Waals surface area contributed by atoms with Gasteiger partial charge in [-0.05, 0) is 63.5 Å². The Labute approximate surface area is 146 Å². The van der Waals surface area contributed by atoms with Crippen molar-refractivity contribution in [3.63, 3.8) is 0 Å². The van der Waals surface area contributed by atoms with Crippen LogP contribution >= 0.6 is 0 Å². The molecule has 0 amide bonds. The lowest BCUT2D eigenvalue weighted by atomic mass is 9.91. The van der Waals surface area contributed by atoms with Gasteiger partial charge in [0.15, 0.2) is 0 Å². The molecular weight excluding hydrogens is 296 g/mol. The van der Waals surface area contributed by atoms with Crippen molar-refractivity contribution in [3.05, 3.63) is 34.4 Å². The van der Waals surface area contributed by atoms with E-state index in [9.17, 15) is 0 Å². The Morgan fingerprint density at radius 3 is 1.33 bits per heavy atom. The molecule has 3 rings (SSSR count). The summed E-state index contributed by atoms with van der Waals surface area (Å²) in [6, 6.07) is 4.30. The second kappa shape index (κ2) is 8.41.